The lowest BCUT2D eigenvalue weighted by atomic mass is 10.1. The molecule has 1 heterocycles. The van der Waals surface area contributed by atoms with Crippen LogP contribution in [-0.2, 0) is 9.53 Å². The zero-order valence-electron chi connectivity index (χ0n) is 15.1. The van der Waals surface area contributed by atoms with E-state index < -0.39 is 11.6 Å². The molecule has 1 aliphatic rings. The van der Waals surface area contributed by atoms with E-state index in [1.54, 1.807) is 17.0 Å². The number of methoxy groups -OCH3 is 1. The molecule has 0 atom stereocenters. The predicted molar refractivity (Wildman–Crippen MR) is 89.6 cm³/mol. The molecule has 132 valence electrons. The van der Waals surface area contributed by atoms with Gasteiger partial charge in [0.2, 0.25) is 5.91 Å². The van der Waals surface area contributed by atoms with Crippen LogP contribution in [-0.4, -0.2) is 48.7 Å². The van der Waals surface area contributed by atoms with Gasteiger partial charge in [-0.25, -0.2) is 4.79 Å². The smallest absolute Gasteiger partial charge is 0.338 e. The molecule has 0 N–H and O–H groups in total. The van der Waals surface area contributed by atoms with Gasteiger partial charge >= 0.3 is 5.97 Å². The Bertz CT molecular complexity index is 642. The zero-order chi connectivity index (χ0) is 18.1. The Labute approximate surface area is 142 Å². The van der Waals surface area contributed by atoms with Gasteiger partial charge in [-0.2, -0.15) is 0 Å². The molecule has 6 heteroatoms. The molecule has 1 aromatic rings. The zero-order valence-corrected chi connectivity index (χ0v) is 15.1. The first-order valence-corrected chi connectivity index (χ1v) is 7.95. The lowest BCUT2D eigenvalue weighted by Gasteiger charge is -2.38. The number of likely N-dealkylation sites (tertiary alicyclic amines) is 1. The van der Waals surface area contributed by atoms with Crippen molar-refractivity contribution in [2.45, 2.75) is 46.3 Å². The number of carbonyl (C=O) groups is 2. The first-order chi connectivity index (χ1) is 11.1. The van der Waals surface area contributed by atoms with Crippen LogP contribution in [0.5, 0.6) is 11.5 Å². The van der Waals surface area contributed by atoms with Crippen LogP contribution < -0.4 is 9.47 Å². The molecule has 0 aromatic heterocycles. The fourth-order valence-electron chi connectivity index (χ4n) is 2.41. The number of esters is 1. The van der Waals surface area contributed by atoms with Gasteiger partial charge in [-0.05, 0) is 39.8 Å². The summed E-state index contributed by atoms with van der Waals surface area (Å²) in [6.45, 7) is 10.3. The van der Waals surface area contributed by atoms with Gasteiger partial charge < -0.3 is 19.1 Å². The van der Waals surface area contributed by atoms with Gasteiger partial charge in [0.25, 0.3) is 0 Å². The summed E-state index contributed by atoms with van der Waals surface area (Å²) < 4.78 is 16.7. The van der Waals surface area contributed by atoms with Gasteiger partial charge in [-0.1, -0.05) is 0 Å². The van der Waals surface area contributed by atoms with Crippen LogP contribution in [0.1, 0.15) is 43.6 Å². The molecule has 0 bridgehead atoms. The molecular formula is C18H25NO5. The van der Waals surface area contributed by atoms with Crippen molar-refractivity contribution in [1.29, 1.82) is 0 Å². The van der Waals surface area contributed by atoms with Crippen molar-refractivity contribution >= 4 is 11.9 Å². The van der Waals surface area contributed by atoms with E-state index in [1.165, 1.54) is 14.0 Å². The molecule has 1 saturated heterocycles. The monoisotopic (exact) mass is 335 g/mol. The van der Waals surface area contributed by atoms with Gasteiger partial charge in [0.15, 0.2) is 0 Å². The summed E-state index contributed by atoms with van der Waals surface area (Å²) in [6, 6.07) is 3.33. The Kier molecular flexibility index (Phi) is 5.06. The number of nitrogens with zero attached hydrogens (tertiary/aromatic N) is 1. The molecule has 0 unspecified atom stereocenters. The van der Waals surface area contributed by atoms with Crippen molar-refractivity contribution in [3.05, 3.63) is 23.3 Å². The minimum absolute atomic E-state index is 0.0339. The second-order valence-corrected chi connectivity index (χ2v) is 6.97. The number of ether oxygens (including phenoxy) is 3. The highest BCUT2D eigenvalue weighted by atomic mass is 16.5. The van der Waals surface area contributed by atoms with E-state index in [4.69, 9.17) is 14.2 Å². The molecule has 1 fully saturated rings. The highest BCUT2D eigenvalue weighted by Gasteiger charge is 2.31. The molecule has 1 aliphatic heterocycles. The highest BCUT2D eigenvalue weighted by molar-refractivity contribution is 5.90. The first-order valence-electron chi connectivity index (χ1n) is 7.95. The third kappa shape index (κ3) is 4.19. The molecule has 2 rings (SSSR count). The molecule has 0 saturated carbocycles. The van der Waals surface area contributed by atoms with Gasteiger partial charge in [0.05, 0.1) is 25.8 Å². The van der Waals surface area contributed by atoms with Crippen LogP contribution in [0.25, 0.3) is 0 Å². The second kappa shape index (κ2) is 6.71. The van der Waals surface area contributed by atoms with Gasteiger partial charge in [-0.15, -0.1) is 0 Å². The molecule has 0 aliphatic carbocycles. The molecule has 0 spiro atoms. The quantitative estimate of drug-likeness (QED) is 0.791. The second-order valence-electron chi connectivity index (χ2n) is 6.97. The minimum Gasteiger partial charge on any atom is -0.488 e. The van der Waals surface area contributed by atoms with Gasteiger partial charge in [-0.3, -0.25) is 4.79 Å². The molecule has 1 aromatic carbocycles. The lowest BCUT2D eigenvalue weighted by molar-refractivity contribution is -0.137. The maximum absolute atomic E-state index is 11.9. The van der Waals surface area contributed by atoms with E-state index in [9.17, 15) is 9.59 Å². The summed E-state index contributed by atoms with van der Waals surface area (Å²) >= 11 is 0. The summed E-state index contributed by atoms with van der Waals surface area (Å²) in [6.07, 6.45) is -0.0806. The largest absolute Gasteiger partial charge is 0.488 e. The number of rotatable bonds is 4. The normalized spacial score (nSPS) is 14.8. The maximum atomic E-state index is 11.9. The van der Waals surface area contributed by atoms with Gasteiger partial charge in [0, 0.05) is 12.5 Å². The summed E-state index contributed by atoms with van der Waals surface area (Å²) in [4.78, 5) is 24.9. The van der Waals surface area contributed by atoms with Crippen molar-refractivity contribution in [2.24, 2.45) is 0 Å². The van der Waals surface area contributed by atoms with E-state index in [0.717, 1.165) is 5.56 Å². The van der Waals surface area contributed by atoms with Crippen LogP contribution in [0.2, 0.25) is 0 Å². The molecule has 24 heavy (non-hydrogen) atoms. The first kappa shape index (κ1) is 18.1. The van der Waals surface area contributed by atoms with Crippen LogP contribution in [0.15, 0.2) is 12.1 Å². The van der Waals surface area contributed by atoms with E-state index >= 15 is 0 Å². The highest BCUT2D eigenvalue weighted by Crippen LogP contribution is 2.34. The predicted octanol–water partition coefficient (Wildman–Crippen LogP) is 2.57. The topological polar surface area (TPSA) is 65.1 Å². The Morgan fingerprint density at radius 1 is 1.17 bits per heavy atom. The fourth-order valence-corrected chi connectivity index (χ4v) is 2.41. The Morgan fingerprint density at radius 2 is 1.75 bits per heavy atom. The standard InChI is InChI=1S/C18H25NO5/c1-11-15(23-14-9-19(10-14)12(2)20)7-13(17(21)22-6)8-16(11)24-18(3,4)5/h7-8,14H,9-10H2,1-6H3. The number of benzene rings is 1. The average molecular weight is 335 g/mol. The average Bonchev–Trinajstić information content (AvgIpc) is 2.42. The van der Waals surface area contributed by atoms with Crippen LogP contribution in [0.4, 0.5) is 0 Å². The van der Waals surface area contributed by atoms with Crippen LogP contribution in [0.3, 0.4) is 0 Å². The molecule has 1 amide bonds. The lowest BCUT2D eigenvalue weighted by Crippen LogP contribution is -2.55. The van der Waals surface area contributed by atoms with E-state index in [-0.39, 0.29) is 12.0 Å². The number of hydrogen-bond acceptors (Lipinski definition) is 5. The SMILES string of the molecule is COC(=O)c1cc(OC2CN(C(C)=O)C2)c(C)c(OC(C)(C)C)c1. The fraction of sp³-hybridized carbons (Fsp3) is 0.556. The van der Waals surface area contributed by atoms with E-state index in [0.29, 0.717) is 30.2 Å². The van der Waals surface area contributed by atoms with E-state index in [1.807, 2.05) is 27.7 Å². The summed E-state index contributed by atoms with van der Waals surface area (Å²) in [5.41, 5.74) is 0.789. The van der Waals surface area contributed by atoms with Crippen molar-refractivity contribution < 1.29 is 23.8 Å². The maximum Gasteiger partial charge on any atom is 0.338 e. The minimum atomic E-state index is -0.447. The van der Waals surface area contributed by atoms with Crippen molar-refractivity contribution in [3.63, 3.8) is 0 Å². The Balaban J connectivity index is 2.27. The Morgan fingerprint density at radius 3 is 2.25 bits per heavy atom. The number of carbonyl (C=O) groups excluding carboxylic acids is 2. The van der Waals surface area contributed by atoms with Crippen molar-refractivity contribution in [3.8, 4) is 11.5 Å². The van der Waals surface area contributed by atoms with Crippen molar-refractivity contribution in [1.82, 2.24) is 4.90 Å². The van der Waals surface area contributed by atoms with Gasteiger partial charge in [0.1, 0.15) is 23.2 Å². The van der Waals surface area contributed by atoms with Crippen molar-refractivity contribution in [2.75, 3.05) is 20.2 Å². The summed E-state index contributed by atoms with van der Waals surface area (Å²) in [7, 11) is 1.34. The summed E-state index contributed by atoms with van der Waals surface area (Å²) in [5, 5.41) is 0. The molecule has 6 nitrogen and oxygen atoms in total. The summed E-state index contributed by atoms with van der Waals surface area (Å²) in [5.74, 6) is 0.748. The van der Waals surface area contributed by atoms with Crippen LogP contribution >= 0.6 is 0 Å². The molecule has 0 radical (unpaired) electrons. The Hall–Kier alpha value is -2.24. The van der Waals surface area contributed by atoms with E-state index in [2.05, 4.69) is 0 Å². The van der Waals surface area contributed by atoms with Crippen LogP contribution in [0, 0.1) is 6.92 Å². The third-order valence-corrected chi connectivity index (χ3v) is 3.74. The third-order valence-electron chi connectivity index (χ3n) is 3.74. The number of hydrogen-bond donors (Lipinski definition) is 0. The molecular weight excluding hydrogens is 310 g/mol. The number of amides is 1.